The lowest BCUT2D eigenvalue weighted by Crippen LogP contribution is -2.27. The molecule has 0 aliphatic rings. The smallest absolute Gasteiger partial charge is 0.261 e. The molecule has 0 unspecified atom stereocenters. The Labute approximate surface area is 176 Å². The van der Waals surface area contributed by atoms with E-state index in [1.54, 1.807) is 17.0 Å². The molecule has 6 nitrogen and oxygen atoms in total. The van der Waals surface area contributed by atoms with E-state index in [-0.39, 0.29) is 11.5 Å². The van der Waals surface area contributed by atoms with Crippen LogP contribution in [0.5, 0.6) is 0 Å². The number of carbonyl (C=O) groups excluding carboxylic acids is 1. The summed E-state index contributed by atoms with van der Waals surface area (Å²) in [6, 6.07) is 15.5. The third kappa shape index (κ3) is 4.40. The molecule has 4 rings (SSSR count). The van der Waals surface area contributed by atoms with E-state index >= 15 is 0 Å². The lowest BCUT2D eigenvalue weighted by Gasteiger charge is -2.09. The summed E-state index contributed by atoms with van der Waals surface area (Å²) >= 11 is 3.48. The fourth-order valence-corrected chi connectivity index (χ4v) is 3.82. The molecule has 0 bridgehead atoms. The van der Waals surface area contributed by atoms with E-state index in [1.165, 1.54) is 5.39 Å². The highest BCUT2D eigenvalue weighted by Crippen LogP contribution is 2.20. The van der Waals surface area contributed by atoms with Gasteiger partial charge >= 0.3 is 0 Å². The molecule has 0 aliphatic carbocycles. The van der Waals surface area contributed by atoms with E-state index in [2.05, 4.69) is 49.0 Å². The van der Waals surface area contributed by atoms with Gasteiger partial charge in [-0.15, -0.1) is 0 Å². The van der Waals surface area contributed by atoms with Crippen molar-refractivity contribution in [1.82, 2.24) is 19.4 Å². The Hall–Kier alpha value is -2.93. The zero-order valence-corrected chi connectivity index (χ0v) is 17.4. The summed E-state index contributed by atoms with van der Waals surface area (Å²) in [5.74, 6) is -0.00833. The Morgan fingerprint density at radius 1 is 1.07 bits per heavy atom. The summed E-state index contributed by atoms with van der Waals surface area (Å²) in [5.41, 5.74) is 1.77. The van der Waals surface area contributed by atoms with E-state index in [1.807, 2.05) is 30.5 Å². The molecule has 2 heterocycles. The number of amides is 1. The predicted octanol–water partition coefficient (Wildman–Crippen LogP) is 3.71. The predicted molar refractivity (Wildman–Crippen MR) is 118 cm³/mol. The molecule has 0 saturated carbocycles. The molecule has 0 saturated heterocycles. The van der Waals surface area contributed by atoms with Crippen molar-refractivity contribution >= 4 is 43.6 Å². The van der Waals surface area contributed by atoms with E-state index in [0.717, 1.165) is 9.99 Å². The van der Waals surface area contributed by atoms with Gasteiger partial charge in [0.1, 0.15) is 0 Å². The maximum atomic E-state index is 12.5. The Morgan fingerprint density at radius 3 is 2.83 bits per heavy atom. The molecule has 1 amide bonds. The zero-order valence-electron chi connectivity index (χ0n) is 15.8. The average molecular weight is 453 g/mol. The van der Waals surface area contributed by atoms with Crippen molar-refractivity contribution in [3.63, 3.8) is 0 Å². The lowest BCUT2D eigenvalue weighted by atomic mass is 10.2. The van der Waals surface area contributed by atoms with Crippen molar-refractivity contribution in [1.29, 1.82) is 0 Å². The molecule has 1 N–H and O–H groups in total. The lowest BCUT2D eigenvalue weighted by molar-refractivity contribution is -0.121. The maximum absolute atomic E-state index is 12.5. The SMILES string of the molecule is O=C(CCCn1cnc2ccccc2c1=O)NCCn1ccc2cc(Br)ccc21. The molecule has 7 heteroatoms. The number of hydrogen-bond acceptors (Lipinski definition) is 3. The second kappa shape index (κ2) is 8.61. The molecule has 0 atom stereocenters. The van der Waals surface area contributed by atoms with Crippen LogP contribution >= 0.6 is 15.9 Å². The summed E-state index contributed by atoms with van der Waals surface area (Å²) in [5, 5.41) is 4.72. The fraction of sp³-hybridized carbons (Fsp3) is 0.227. The second-order valence-electron chi connectivity index (χ2n) is 6.93. The third-order valence-electron chi connectivity index (χ3n) is 4.94. The molecule has 0 aliphatic heterocycles. The van der Waals surface area contributed by atoms with Gasteiger partial charge in [0, 0.05) is 47.6 Å². The minimum atomic E-state index is -0.0675. The number of aryl methyl sites for hydroxylation is 1. The number of hydrogen-bond donors (Lipinski definition) is 1. The van der Waals surface area contributed by atoms with Gasteiger partial charge in [0.15, 0.2) is 0 Å². The van der Waals surface area contributed by atoms with E-state index in [4.69, 9.17) is 0 Å². The van der Waals surface area contributed by atoms with Crippen LogP contribution < -0.4 is 10.9 Å². The number of nitrogens with zero attached hydrogens (tertiary/aromatic N) is 3. The van der Waals surface area contributed by atoms with Crippen LogP contribution in [0, 0.1) is 0 Å². The standard InChI is InChI=1S/C22H21BrN4O2/c23-17-7-8-20-16(14-17)9-12-26(20)13-10-24-21(28)6-3-11-27-15-25-19-5-2-1-4-18(19)22(27)29/h1-2,4-5,7-9,12,14-15H,3,6,10-11,13H2,(H,24,28). The summed E-state index contributed by atoms with van der Waals surface area (Å²) in [6.07, 6.45) is 4.55. The summed E-state index contributed by atoms with van der Waals surface area (Å²) < 4.78 is 4.75. The molecular formula is C22H21BrN4O2. The second-order valence-corrected chi connectivity index (χ2v) is 7.84. The number of benzene rings is 2. The molecule has 0 spiro atoms. The van der Waals surface area contributed by atoms with Crippen LogP contribution in [0.2, 0.25) is 0 Å². The van der Waals surface area contributed by atoms with E-state index in [9.17, 15) is 9.59 Å². The summed E-state index contributed by atoms with van der Waals surface area (Å²) in [4.78, 5) is 28.9. The van der Waals surface area contributed by atoms with E-state index < -0.39 is 0 Å². The van der Waals surface area contributed by atoms with Gasteiger partial charge in [0.05, 0.1) is 17.2 Å². The van der Waals surface area contributed by atoms with Crippen molar-refractivity contribution in [2.45, 2.75) is 25.9 Å². The first-order valence-corrected chi connectivity index (χ1v) is 10.4. The first kappa shape index (κ1) is 19.4. The largest absolute Gasteiger partial charge is 0.354 e. The highest BCUT2D eigenvalue weighted by atomic mass is 79.9. The van der Waals surface area contributed by atoms with Crippen LogP contribution in [-0.2, 0) is 17.9 Å². The monoisotopic (exact) mass is 452 g/mol. The zero-order chi connectivity index (χ0) is 20.2. The quantitative estimate of drug-likeness (QED) is 0.464. The summed E-state index contributed by atoms with van der Waals surface area (Å²) in [6.45, 7) is 1.75. The minimum absolute atomic E-state index is 0.00833. The van der Waals surface area contributed by atoms with Crippen LogP contribution in [0.1, 0.15) is 12.8 Å². The van der Waals surface area contributed by atoms with Gasteiger partial charge in [0.25, 0.3) is 5.56 Å². The van der Waals surface area contributed by atoms with Crippen molar-refractivity contribution in [3.8, 4) is 0 Å². The molecular weight excluding hydrogens is 432 g/mol. The molecule has 2 aromatic carbocycles. The number of para-hydroxylation sites is 1. The number of aromatic nitrogens is 3. The van der Waals surface area contributed by atoms with Crippen LogP contribution in [-0.4, -0.2) is 26.6 Å². The van der Waals surface area contributed by atoms with Gasteiger partial charge in [-0.3, -0.25) is 14.2 Å². The van der Waals surface area contributed by atoms with Crippen LogP contribution in [0.3, 0.4) is 0 Å². The highest BCUT2D eigenvalue weighted by Gasteiger charge is 2.06. The summed E-state index contributed by atoms with van der Waals surface area (Å²) in [7, 11) is 0. The Balaban J connectivity index is 1.26. The molecule has 29 heavy (non-hydrogen) atoms. The van der Waals surface area contributed by atoms with Crippen LogP contribution in [0.15, 0.2) is 70.3 Å². The molecule has 148 valence electrons. The fourth-order valence-electron chi connectivity index (χ4n) is 3.45. The highest BCUT2D eigenvalue weighted by molar-refractivity contribution is 9.10. The van der Waals surface area contributed by atoms with Gasteiger partial charge < -0.3 is 9.88 Å². The molecule has 2 aromatic heterocycles. The number of nitrogens with one attached hydrogen (secondary N) is 1. The van der Waals surface area contributed by atoms with Crippen molar-refractivity contribution in [2.24, 2.45) is 0 Å². The van der Waals surface area contributed by atoms with E-state index in [0.29, 0.717) is 43.4 Å². The van der Waals surface area contributed by atoms with Gasteiger partial charge in [0.2, 0.25) is 5.91 Å². The Kier molecular flexibility index (Phi) is 5.76. The number of halogens is 1. The van der Waals surface area contributed by atoms with Gasteiger partial charge in [-0.2, -0.15) is 0 Å². The number of carbonyl (C=O) groups is 1. The Morgan fingerprint density at radius 2 is 1.93 bits per heavy atom. The van der Waals surface area contributed by atoms with Crippen molar-refractivity contribution in [2.75, 3.05) is 6.54 Å². The normalized spacial score (nSPS) is 11.2. The number of rotatable bonds is 7. The molecule has 0 radical (unpaired) electrons. The Bertz CT molecular complexity index is 1230. The van der Waals surface area contributed by atoms with Crippen molar-refractivity contribution < 1.29 is 4.79 Å². The average Bonchev–Trinajstić information content (AvgIpc) is 3.12. The molecule has 0 fully saturated rings. The first-order chi connectivity index (χ1) is 14.1. The van der Waals surface area contributed by atoms with Crippen molar-refractivity contribution in [3.05, 3.63) is 75.9 Å². The third-order valence-corrected chi connectivity index (χ3v) is 5.44. The van der Waals surface area contributed by atoms with Gasteiger partial charge in [-0.05, 0) is 42.8 Å². The minimum Gasteiger partial charge on any atom is -0.354 e. The molecule has 4 aromatic rings. The first-order valence-electron chi connectivity index (χ1n) is 9.57. The van der Waals surface area contributed by atoms with Gasteiger partial charge in [-0.1, -0.05) is 28.1 Å². The maximum Gasteiger partial charge on any atom is 0.261 e. The number of fused-ring (bicyclic) bond motifs is 2. The topological polar surface area (TPSA) is 68.9 Å². The van der Waals surface area contributed by atoms with Crippen LogP contribution in [0.4, 0.5) is 0 Å². The van der Waals surface area contributed by atoms with Gasteiger partial charge in [-0.25, -0.2) is 4.98 Å². The van der Waals surface area contributed by atoms with Crippen LogP contribution in [0.25, 0.3) is 21.8 Å².